The predicted molar refractivity (Wildman–Crippen MR) is 121 cm³/mol. The van der Waals surface area contributed by atoms with E-state index in [2.05, 4.69) is 20.6 Å². The van der Waals surface area contributed by atoms with Gasteiger partial charge in [0.25, 0.3) is 10.0 Å². The van der Waals surface area contributed by atoms with Crippen LogP contribution < -0.4 is 14.9 Å². The lowest BCUT2D eigenvalue weighted by Gasteiger charge is -2.22. The number of rotatable bonds is 11. The van der Waals surface area contributed by atoms with Gasteiger partial charge in [0.2, 0.25) is 0 Å². The van der Waals surface area contributed by atoms with Crippen molar-refractivity contribution in [1.29, 1.82) is 0 Å². The van der Waals surface area contributed by atoms with Gasteiger partial charge in [0, 0.05) is 32.0 Å². The highest BCUT2D eigenvalue weighted by Crippen LogP contribution is 2.23. The zero-order valence-corrected chi connectivity index (χ0v) is 17.8. The Kier molecular flexibility index (Phi) is 7.62. The summed E-state index contributed by atoms with van der Waals surface area (Å²) in [6, 6.07) is 18.2. The summed E-state index contributed by atoms with van der Waals surface area (Å²) in [5, 5.41) is 6.51. The number of aromatic nitrogens is 2. The second kappa shape index (κ2) is 10.6. The molecular weight excluding hydrogens is 398 g/mol. The molecule has 0 fully saturated rings. The van der Waals surface area contributed by atoms with Crippen LogP contribution in [0.15, 0.2) is 78.0 Å². The van der Waals surface area contributed by atoms with Crippen LogP contribution in [0, 0.1) is 0 Å². The summed E-state index contributed by atoms with van der Waals surface area (Å²) in [5.74, 6) is 1.54. The lowest BCUT2D eigenvalue weighted by Crippen LogP contribution is -2.30. The van der Waals surface area contributed by atoms with Crippen molar-refractivity contribution in [3.63, 3.8) is 0 Å². The Morgan fingerprint density at radius 3 is 2.07 bits per heavy atom. The number of benzene rings is 1. The normalized spacial score (nSPS) is 11.1. The van der Waals surface area contributed by atoms with Crippen LogP contribution in [-0.4, -0.2) is 38.0 Å². The van der Waals surface area contributed by atoms with Gasteiger partial charge in [0.05, 0.1) is 5.69 Å². The number of pyridine rings is 2. The lowest BCUT2D eigenvalue weighted by atomic mass is 10.3. The van der Waals surface area contributed by atoms with E-state index in [0.29, 0.717) is 18.1 Å². The molecule has 0 spiro atoms. The van der Waals surface area contributed by atoms with E-state index in [4.69, 9.17) is 0 Å². The molecule has 0 aliphatic carbocycles. The molecule has 3 rings (SSSR count). The van der Waals surface area contributed by atoms with Crippen LogP contribution in [0.3, 0.4) is 0 Å². The molecule has 0 unspecified atom stereocenters. The van der Waals surface area contributed by atoms with E-state index in [1.807, 2.05) is 43.3 Å². The number of nitrogens with zero attached hydrogens (tertiary/aromatic N) is 3. The fraction of sp³-hybridized carbons (Fsp3) is 0.273. The zero-order chi connectivity index (χ0) is 21.2. The highest BCUT2D eigenvalue weighted by molar-refractivity contribution is 7.92. The molecule has 0 aliphatic heterocycles. The molecule has 1 aromatic carbocycles. The molecule has 2 aromatic heterocycles. The van der Waals surface area contributed by atoms with E-state index in [-0.39, 0.29) is 4.90 Å². The molecule has 0 radical (unpaired) electrons. The van der Waals surface area contributed by atoms with Gasteiger partial charge >= 0.3 is 0 Å². The fourth-order valence-electron chi connectivity index (χ4n) is 3.00. The maximum Gasteiger partial charge on any atom is 0.265 e. The Morgan fingerprint density at radius 2 is 1.50 bits per heavy atom. The van der Waals surface area contributed by atoms with E-state index in [1.54, 1.807) is 30.5 Å². The number of hydrogen-bond acceptors (Lipinski definition) is 6. The Balaban J connectivity index is 1.49. The highest BCUT2D eigenvalue weighted by Gasteiger charge is 2.23. The minimum Gasteiger partial charge on any atom is -0.370 e. The molecule has 3 aromatic rings. The summed E-state index contributed by atoms with van der Waals surface area (Å²) < 4.78 is 27.3. The Hall–Kier alpha value is -3.13. The fourth-order valence-corrected chi connectivity index (χ4v) is 4.42. The summed E-state index contributed by atoms with van der Waals surface area (Å²) in [7, 11) is -3.65. The third kappa shape index (κ3) is 5.70. The quantitative estimate of drug-likeness (QED) is 0.452. The minimum absolute atomic E-state index is 0.179. The topological polar surface area (TPSA) is 87.2 Å². The Bertz CT molecular complexity index is 997. The number of unbranched alkanes of at least 4 members (excludes halogenated alkanes) is 1. The van der Waals surface area contributed by atoms with Gasteiger partial charge in [-0.25, -0.2) is 18.4 Å². The first kappa shape index (κ1) is 21.6. The Labute approximate surface area is 178 Å². The largest absolute Gasteiger partial charge is 0.370 e. The zero-order valence-electron chi connectivity index (χ0n) is 17.0. The summed E-state index contributed by atoms with van der Waals surface area (Å²) in [5.41, 5.74) is 0.640. The number of nitrogens with one attached hydrogen (secondary N) is 2. The van der Waals surface area contributed by atoms with Gasteiger partial charge in [0.1, 0.15) is 16.5 Å². The van der Waals surface area contributed by atoms with Crippen molar-refractivity contribution in [2.45, 2.75) is 24.7 Å². The molecule has 7 nitrogen and oxygen atoms in total. The predicted octanol–water partition coefficient (Wildman–Crippen LogP) is 4.00. The molecule has 0 saturated heterocycles. The molecule has 0 saturated carbocycles. The second-order valence-corrected chi connectivity index (χ2v) is 8.52. The number of hydrogen-bond donors (Lipinski definition) is 2. The molecule has 158 valence electrons. The van der Waals surface area contributed by atoms with Gasteiger partial charge < -0.3 is 10.6 Å². The van der Waals surface area contributed by atoms with Crippen molar-refractivity contribution in [2.24, 2.45) is 0 Å². The van der Waals surface area contributed by atoms with Crippen molar-refractivity contribution in [1.82, 2.24) is 9.97 Å². The van der Waals surface area contributed by atoms with Crippen LogP contribution in [0.2, 0.25) is 0 Å². The van der Waals surface area contributed by atoms with Crippen molar-refractivity contribution >= 4 is 27.3 Å². The van der Waals surface area contributed by atoms with Crippen molar-refractivity contribution in [3.8, 4) is 0 Å². The van der Waals surface area contributed by atoms with Crippen LogP contribution in [0.25, 0.3) is 0 Å². The first-order valence-electron chi connectivity index (χ1n) is 10.0. The molecule has 2 heterocycles. The van der Waals surface area contributed by atoms with Gasteiger partial charge in [-0.2, -0.15) is 0 Å². The van der Waals surface area contributed by atoms with Crippen LogP contribution in [0.1, 0.15) is 19.8 Å². The Morgan fingerprint density at radius 1 is 0.833 bits per heavy atom. The smallest absolute Gasteiger partial charge is 0.265 e. The summed E-state index contributed by atoms with van der Waals surface area (Å²) in [4.78, 5) is 8.68. The number of para-hydroxylation sites is 1. The van der Waals surface area contributed by atoms with Crippen LogP contribution in [0.4, 0.5) is 17.3 Å². The first-order valence-corrected chi connectivity index (χ1v) is 11.5. The molecule has 0 aliphatic rings. The second-order valence-electron chi connectivity index (χ2n) is 6.66. The van der Waals surface area contributed by atoms with Crippen molar-refractivity contribution in [2.75, 3.05) is 34.6 Å². The number of anilines is 3. The maximum absolute atomic E-state index is 13.0. The molecule has 30 heavy (non-hydrogen) atoms. The standard InChI is InChI=1S/C22H27N5O2S/c1-2-27(19-10-4-3-5-11-19)30(28,29)20-13-14-22(26-18-20)25-17-9-8-16-24-21-12-6-7-15-23-21/h3-7,10-15,18H,2,8-9,16-17H2,1H3,(H,23,24)(H,25,26). The lowest BCUT2D eigenvalue weighted by molar-refractivity contribution is 0.591. The van der Waals surface area contributed by atoms with Gasteiger partial charge in [0.15, 0.2) is 0 Å². The van der Waals surface area contributed by atoms with Crippen molar-refractivity contribution in [3.05, 3.63) is 73.1 Å². The molecular formula is C22H27N5O2S. The highest BCUT2D eigenvalue weighted by atomic mass is 32.2. The van der Waals surface area contributed by atoms with Crippen LogP contribution in [-0.2, 0) is 10.0 Å². The van der Waals surface area contributed by atoms with E-state index in [9.17, 15) is 8.42 Å². The van der Waals surface area contributed by atoms with Crippen LogP contribution in [0.5, 0.6) is 0 Å². The SMILES string of the molecule is CCN(c1ccccc1)S(=O)(=O)c1ccc(NCCCCNc2ccccn2)nc1. The average Bonchev–Trinajstić information content (AvgIpc) is 2.78. The average molecular weight is 426 g/mol. The molecule has 0 bridgehead atoms. The van der Waals surface area contributed by atoms with E-state index >= 15 is 0 Å². The minimum atomic E-state index is -3.65. The molecule has 2 N–H and O–H groups in total. The van der Waals surface area contributed by atoms with E-state index in [0.717, 1.165) is 31.7 Å². The summed E-state index contributed by atoms with van der Waals surface area (Å²) >= 11 is 0. The summed E-state index contributed by atoms with van der Waals surface area (Å²) in [6.45, 7) is 3.76. The van der Waals surface area contributed by atoms with Gasteiger partial charge in [-0.15, -0.1) is 0 Å². The molecule has 0 atom stereocenters. The summed E-state index contributed by atoms with van der Waals surface area (Å²) in [6.07, 6.45) is 5.11. The van der Waals surface area contributed by atoms with Gasteiger partial charge in [-0.1, -0.05) is 24.3 Å². The monoisotopic (exact) mass is 425 g/mol. The first-order chi connectivity index (χ1) is 14.6. The van der Waals surface area contributed by atoms with Crippen molar-refractivity contribution < 1.29 is 8.42 Å². The molecule has 0 amide bonds. The van der Waals surface area contributed by atoms with E-state index < -0.39 is 10.0 Å². The number of sulfonamides is 1. The molecule has 8 heteroatoms. The third-order valence-electron chi connectivity index (χ3n) is 4.54. The van der Waals surface area contributed by atoms with Crippen LogP contribution >= 0.6 is 0 Å². The van der Waals surface area contributed by atoms with E-state index in [1.165, 1.54) is 10.5 Å². The third-order valence-corrected chi connectivity index (χ3v) is 6.42. The van der Waals surface area contributed by atoms with Gasteiger partial charge in [-0.05, 0) is 56.2 Å². The van der Waals surface area contributed by atoms with Gasteiger partial charge in [-0.3, -0.25) is 4.31 Å². The maximum atomic E-state index is 13.0.